The molecule has 0 spiro atoms. The largest absolute Gasteiger partial charge is 0.481 e. The second-order valence-corrected chi connectivity index (χ2v) is 7.71. The molecule has 0 aromatic rings. The highest BCUT2D eigenvalue weighted by Crippen LogP contribution is 2.04. The van der Waals surface area contributed by atoms with Crippen molar-refractivity contribution in [2.45, 2.75) is 43.4 Å². The van der Waals surface area contributed by atoms with Crippen LogP contribution < -0.4 is 27.4 Å². The molecule has 0 aliphatic heterocycles. The van der Waals surface area contributed by atoms with Crippen molar-refractivity contribution in [2.75, 3.05) is 17.8 Å². The maximum absolute atomic E-state index is 12.5. The second-order valence-electron chi connectivity index (χ2n) is 6.36. The van der Waals surface area contributed by atoms with Gasteiger partial charge in [-0.2, -0.15) is 24.4 Å². The molecule has 15 heteroatoms. The molecule has 0 aromatic heterocycles. The zero-order valence-electron chi connectivity index (χ0n) is 16.7. The first-order valence-corrected chi connectivity index (χ1v) is 10.9. The molecule has 0 saturated carbocycles. The molecule has 4 atom stereocenters. The van der Waals surface area contributed by atoms with Crippen molar-refractivity contribution >= 4 is 60.0 Å². The monoisotopic (exact) mass is 481 g/mol. The number of rotatable bonds is 15. The molecule has 176 valence electrons. The van der Waals surface area contributed by atoms with Crippen LogP contribution in [-0.4, -0.2) is 87.7 Å². The number of amides is 4. The molecule has 0 aromatic carbocycles. The van der Waals surface area contributed by atoms with E-state index in [-0.39, 0.29) is 12.2 Å². The Morgan fingerprint density at radius 2 is 1.42 bits per heavy atom. The van der Waals surface area contributed by atoms with Gasteiger partial charge >= 0.3 is 11.9 Å². The number of hydrogen-bond acceptors (Lipinski definition) is 9. The van der Waals surface area contributed by atoms with Gasteiger partial charge in [-0.1, -0.05) is 0 Å². The Balaban J connectivity index is 5.24. The van der Waals surface area contributed by atoms with Crippen molar-refractivity contribution < 1.29 is 39.0 Å². The van der Waals surface area contributed by atoms with Gasteiger partial charge in [-0.25, -0.2) is 4.79 Å². The minimum Gasteiger partial charge on any atom is -0.481 e. The van der Waals surface area contributed by atoms with Crippen molar-refractivity contribution in [2.24, 2.45) is 11.5 Å². The average molecular weight is 482 g/mol. The van der Waals surface area contributed by atoms with E-state index in [0.29, 0.717) is 5.75 Å². The van der Waals surface area contributed by atoms with E-state index < -0.39 is 72.6 Å². The number of primary amides is 1. The van der Waals surface area contributed by atoms with Crippen LogP contribution in [0.25, 0.3) is 0 Å². The van der Waals surface area contributed by atoms with E-state index in [1.165, 1.54) is 11.8 Å². The van der Waals surface area contributed by atoms with E-state index in [9.17, 15) is 28.8 Å². The summed E-state index contributed by atoms with van der Waals surface area (Å²) in [5.41, 5.74) is 10.5. The SMILES string of the molecule is CSCCC(NC(=O)C(CS)NC(=O)C(N)CC(N)=O)C(=O)NC(CC(=O)O)C(=O)O. The number of nitrogens with two attached hydrogens (primary N) is 2. The van der Waals surface area contributed by atoms with Gasteiger partial charge < -0.3 is 37.6 Å². The fraction of sp³-hybridized carbons (Fsp3) is 0.625. The first-order valence-electron chi connectivity index (χ1n) is 8.92. The number of thiol groups is 1. The molecular formula is C16H27N5O8S2. The fourth-order valence-electron chi connectivity index (χ4n) is 2.21. The quantitative estimate of drug-likeness (QED) is 0.110. The van der Waals surface area contributed by atoms with E-state index in [0.717, 1.165) is 0 Å². The Kier molecular flexibility index (Phi) is 13.3. The lowest BCUT2D eigenvalue weighted by Crippen LogP contribution is -2.58. The first-order chi connectivity index (χ1) is 14.4. The van der Waals surface area contributed by atoms with E-state index in [4.69, 9.17) is 21.7 Å². The molecular weight excluding hydrogens is 454 g/mol. The molecule has 0 aliphatic carbocycles. The van der Waals surface area contributed by atoms with Crippen molar-refractivity contribution in [1.29, 1.82) is 0 Å². The minimum atomic E-state index is -1.69. The molecule has 0 rings (SSSR count). The first kappa shape index (κ1) is 28.5. The van der Waals surface area contributed by atoms with E-state index in [1.54, 1.807) is 6.26 Å². The lowest BCUT2D eigenvalue weighted by molar-refractivity contribution is -0.147. The zero-order valence-corrected chi connectivity index (χ0v) is 18.4. The van der Waals surface area contributed by atoms with Crippen LogP contribution in [0.1, 0.15) is 19.3 Å². The molecule has 9 N–H and O–H groups in total. The van der Waals surface area contributed by atoms with Crippen LogP contribution in [0.4, 0.5) is 0 Å². The van der Waals surface area contributed by atoms with Gasteiger partial charge in [0, 0.05) is 5.75 Å². The standard InChI is InChI=1S/C16H27N5O8S2/c1-31-3-2-8(14(26)20-9(16(28)29)5-12(23)24)19-15(27)10(6-30)21-13(25)7(17)4-11(18)22/h7-10,30H,2-6,17H2,1H3,(H2,18,22)(H,19,27)(H,20,26)(H,21,25)(H,23,24)(H,28,29). The van der Waals surface area contributed by atoms with Gasteiger partial charge in [-0.05, 0) is 18.4 Å². The van der Waals surface area contributed by atoms with E-state index >= 15 is 0 Å². The molecule has 0 heterocycles. The Morgan fingerprint density at radius 1 is 0.903 bits per heavy atom. The highest BCUT2D eigenvalue weighted by molar-refractivity contribution is 7.98. The van der Waals surface area contributed by atoms with Gasteiger partial charge in [-0.15, -0.1) is 0 Å². The predicted octanol–water partition coefficient (Wildman–Crippen LogP) is -3.11. The number of carbonyl (C=O) groups is 6. The third kappa shape index (κ3) is 11.4. The third-order valence-corrected chi connectivity index (χ3v) is 4.82. The number of hydrogen-bond donors (Lipinski definition) is 8. The number of thioether (sulfide) groups is 1. The summed E-state index contributed by atoms with van der Waals surface area (Å²) in [6, 6.07) is -5.38. The number of nitrogens with one attached hydrogen (secondary N) is 3. The minimum absolute atomic E-state index is 0.104. The molecule has 13 nitrogen and oxygen atoms in total. The number of carboxylic acid groups (broad SMARTS) is 2. The van der Waals surface area contributed by atoms with Crippen molar-refractivity contribution in [3.05, 3.63) is 0 Å². The van der Waals surface area contributed by atoms with Gasteiger partial charge in [-0.3, -0.25) is 24.0 Å². The molecule has 0 saturated heterocycles. The average Bonchev–Trinajstić information content (AvgIpc) is 2.67. The topological polar surface area (TPSA) is 231 Å². The third-order valence-electron chi connectivity index (χ3n) is 3.81. The van der Waals surface area contributed by atoms with Gasteiger partial charge in [0.2, 0.25) is 23.6 Å². The highest BCUT2D eigenvalue weighted by atomic mass is 32.2. The summed E-state index contributed by atoms with van der Waals surface area (Å²) in [5.74, 6) is -6.07. The fourth-order valence-corrected chi connectivity index (χ4v) is 2.93. The van der Waals surface area contributed by atoms with Gasteiger partial charge in [0.25, 0.3) is 0 Å². The van der Waals surface area contributed by atoms with Crippen molar-refractivity contribution in [1.82, 2.24) is 16.0 Å². The van der Waals surface area contributed by atoms with Crippen LogP contribution in [0, 0.1) is 0 Å². The maximum Gasteiger partial charge on any atom is 0.326 e. The van der Waals surface area contributed by atoms with Crippen LogP contribution >= 0.6 is 24.4 Å². The molecule has 0 aliphatic rings. The van der Waals surface area contributed by atoms with Gasteiger partial charge in [0.05, 0.1) is 18.9 Å². The maximum atomic E-state index is 12.5. The summed E-state index contributed by atoms with van der Waals surface area (Å²) in [4.78, 5) is 69.8. The lowest BCUT2D eigenvalue weighted by atomic mass is 10.1. The molecule has 4 amide bonds. The molecule has 0 bridgehead atoms. The smallest absolute Gasteiger partial charge is 0.326 e. The lowest BCUT2D eigenvalue weighted by Gasteiger charge is -2.24. The number of aliphatic carboxylic acids is 2. The van der Waals surface area contributed by atoms with Crippen molar-refractivity contribution in [3.63, 3.8) is 0 Å². The molecule has 0 fully saturated rings. The Labute approximate surface area is 187 Å². The molecule has 4 unspecified atom stereocenters. The summed E-state index contributed by atoms with van der Waals surface area (Å²) in [5, 5.41) is 24.6. The van der Waals surface area contributed by atoms with E-state index in [1.807, 2.05) is 0 Å². The molecule has 31 heavy (non-hydrogen) atoms. The molecule has 0 radical (unpaired) electrons. The van der Waals surface area contributed by atoms with Crippen LogP contribution in [0.3, 0.4) is 0 Å². The van der Waals surface area contributed by atoms with Crippen LogP contribution in [-0.2, 0) is 28.8 Å². The number of carbonyl (C=O) groups excluding carboxylic acids is 4. The van der Waals surface area contributed by atoms with Gasteiger partial charge in [0.15, 0.2) is 0 Å². The van der Waals surface area contributed by atoms with Gasteiger partial charge in [0.1, 0.15) is 18.1 Å². The Morgan fingerprint density at radius 3 is 1.87 bits per heavy atom. The summed E-state index contributed by atoms with van der Waals surface area (Å²) < 4.78 is 0. The summed E-state index contributed by atoms with van der Waals surface area (Å²) in [6.07, 6.45) is 0.563. The highest BCUT2D eigenvalue weighted by Gasteiger charge is 2.30. The summed E-state index contributed by atoms with van der Waals surface area (Å²) >= 11 is 5.33. The number of carboxylic acids is 2. The van der Waals surface area contributed by atoms with Crippen LogP contribution in [0.15, 0.2) is 0 Å². The zero-order chi connectivity index (χ0) is 24.1. The van der Waals surface area contributed by atoms with E-state index in [2.05, 4.69) is 28.6 Å². The van der Waals surface area contributed by atoms with Crippen molar-refractivity contribution in [3.8, 4) is 0 Å². The normalized spacial score (nSPS) is 14.4. The van der Waals surface area contributed by atoms with Crippen LogP contribution in [0.2, 0.25) is 0 Å². The summed E-state index contributed by atoms with van der Waals surface area (Å²) in [6.45, 7) is 0. The summed E-state index contributed by atoms with van der Waals surface area (Å²) in [7, 11) is 0. The Bertz CT molecular complexity index is 693. The predicted molar refractivity (Wildman–Crippen MR) is 114 cm³/mol. The van der Waals surface area contributed by atoms with Crippen LogP contribution in [0.5, 0.6) is 0 Å². The Hall–Kier alpha value is -2.52. The second kappa shape index (κ2) is 14.5.